The highest BCUT2D eigenvalue weighted by Crippen LogP contribution is 2.28. The molecule has 2 aromatic carbocycles. The molecule has 0 bridgehead atoms. The molecule has 4 rings (SSSR count). The van der Waals surface area contributed by atoms with Crippen LogP contribution >= 0.6 is 0 Å². The number of fused-ring (bicyclic) bond motifs is 1. The van der Waals surface area contributed by atoms with Gasteiger partial charge in [0.2, 0.25) is 5.91 Å². The standard InChI is InChI=1S/C23H25FN2O4S/c1-16-11-26(12-17(2)30-16)23(27)14-25-13-22(20-8-3-4-9-21(20)25)31(28,29)15-18-6-5-7-19(24)10-18/h3-10,13,16-17H,11-12,14-15H2,1-2H3/t16-,17-/m1/s1. The Morgan fingerprint density at radius 1 is 1.10 bits per heavy atom. The van der Waals surface area contributed by atoms with E-state index in [2.05, 4.69) is 0 Å². The van der Waals surface area contributed by atoms with Gasteiger partial charge < -0.3 is 14.2 Å². The van der Waals surface area contributed by atoms with Crippen LogP contribution in [0.3, 0.4) is 0 Å². The lowest BCUT2D eigenvalue weighted by atomic mass is 10.2. The topological polar surface area (TPSA) is 68.6 Å². The predicted octanol–water partition coefficient (Wildman–Crippen LogP) is 3.39. The fourth-order valence-electron chi connectivity index (χ4n) is 4.14. The van der Waals surface area contributed by atoms with Crippen LogP contribution in [0.4, 0.5) is 4.39 Å². The number of ether oxygens (including phenoxy) is 1. The Hall–Kier alpha value is -2.71. The molecule has 31 heavy (non-hydrogen) atoms. The van der Waals surface area contributed by atoms with Crippen molar-refractivity contribution in [3.05, 3.63) is 66.1 Å². The highest BCUT2D eigenvalue weighted by Gasteiger charge is 2.27. The highest BCUT2D eigenvalue weighted by atomic mass is 32.2. The number of sulfone groups is 1. The average Bonchev–Trinajstić information content (AvgIpc) is 3.06. The van der Waals surface area contributed by atoms with E-state index in [1.54, 1.807) is 33.7 Å². The third-order valence-electron chi connectivity index (χ3n) is 5.41. The van der Waals surface area contributed by atoms with Gasteiger partial charge in [-0.2, -0.15) is 0 Å². The van der Waals surface area contributed by atoms with Crippen LogP contribution in [0, 0.1) is 5.82 Å². The van der Waals surface area contributed by atoms with Crippen LogP contribution in [0.2, 0.25) is 0 Å². The molecule has 1 aromatic heterocycles. The number of morpholine rings is 1. The fourth-order valence-corrected chi connectivity index (χ4v) is 5.71. The SMILES string of the molecule is C[C@@H]1CN(C(=O)Cn2cc(S(=O)(=O)Cc3cccc(F)c3)c3ccccc32)C[C@@H](C)O1. The quantitative estimate of drug-likeness (QED) is 0.605. The zero-order valence-corrected chi connectivity index (χ0v) is 18.3. The molecule has 0 spiro atoms. The Labute approximate surface area is 181 Å². The van der Waals surface area contributed by atoms with Crippen LogP contribution in [-0.2, 0) is 31.7 Å². The number of rotatable bonds is 5. The van der Waals surface area contributed by atoms with Gasteiger partial charge in [0, 0.05) is 30.2 Å². The van der Waals surface area contributed by atoms with Crippen LogP contribution in [0.1, 0.15) is 19.4 Å². The minimum atomic E-state index is -3.75. The lowest BCUT2D eigenvalue weighted by Gasteiger charge is -2.35. The van der Waals surface area contributed by atoms with Gasteiger partial charge in [-0.25, -0.2) is 12.8 Å². The predicted molar refractivity (Wildman–Crippen MR) is 116 cm³/mol. The van der Waals surface area contributed by atoms with Crippen LogP contribution < -0.4 is 0 Å². The Balaban J connectivity index is 1.65. The van der Waals surface area contributed by atoms with Crippen molar-refractivity contribution in [2.75, 3.05) is 13.1 Å². The van der Waals surface area contributed by atoms with Crippen LogP contribution in [0.5, 0.6) is 0 Å². The molecule has 6 nitrogen and oxygen atoms in total. The summed E-state index contributed by atoms with van der Waals surface area (Å²) in [6.45, 7) is 4.91. The van der Waals surface area contributed by atoms with Gasteiger partial charge in [0.15, 0.2) is 9.84 Å². The van der Waals surface area contributed by atoms with Gasteiger partial charge in [0.1, 0.15) is 12.4 Å². The fraction of sp³-hybridized carbons (Fsp3) is 0.348. The number of carbonyl (C=O) groups excluding carboxylic acids is 1. The normalized spacial score (nSPS) is 19.6. The summed E-state index contributed by atoms with van der Waals surface area (Å²) in [6.07, 6.45) is 1.43. The summed E-state index contributed by atoms with van der Waals surface area (Å²) in [5, 5.41) is 0.551. The van der Waals surface area contributed by atoms with Crippen molar-refractivity contribution >= 4 is 26.6 Å². The number of nitrogens with zero attached hydrogens (tertiary/aromatic N) is 2. The summed E-state index contributed by atoms with van der Waals surface area (Å²) in [5.41, 5.74) is 1.05. The molecule has 2 heterocycles. The zero-order chi connectivity index (χ0) is 22.2. The average molecular weight is 445 g/mol. The summed E-state index contributed by atoms with van der Waals surface area (Å²) in [5.74, 6) is -0.878. The van der Waals surface area contributed by atoms with E-state index < -0.39 is 15.7 Å². The molecule has 0 aliphatic carbocycles. The summed E-state index contributed by atoms with van der Waals surface area (Å²) in [6, 6.07) is 12.7. The maximum absolute atomic E-state index is 13.5. The minimum Gasteiger partial charge on any atom is -0.372 e. The van der Waals surface area contributed by atoms with Gasteiger partial charge >= 0.3 is 0 Å². The van der Waals surface area contributed by atoms with E-state index in [9.17, 15) is 17.6 Å². The number of benzene rings is 2. The van der Waals surface area contributed by atoms with Gasteiger partial charge in [-0.15, -0.1) is 0 Å². The second kappa shape index (κ2) is 8.43. The third-order valence-corrected chi connectivity index (χ3v) is 7.12. The molecular formula is C23H25FN2O4S. The molecule has 0 unspecified atom stereocenters. The van der Waals surface area contributed by atoms with Crippen molar-refractivity contribution < 1.29 is 22.3 Å². The van der Waals surface area contributed by atoms with E-state index in [-0.39, 0.29) is 35.3 Å². The number of amides is 1. The van der Waals surface area contributed by atoms with E-state index in [1.165, 1.54) is 24.4 Å². The number of hydrogen-bond donors (Lipinski definition) is 0. The molecule has 0 radical (unpaired) electrons. The molecule has 164 valence electrons. The number of hydrogen-bond acceptors (Lipinski definition) is 4. The van der Waals surface area contributed by atoms with Crippen molar-refractivity contribution in [1.82, 2.24) is 9.47 Å². The van der Waals surface area contributed by atoms with Gasteiger partial charge in [-0.3, -0.25) is 4.79 Å². The maximum atomic E-state index is 13.5. The van der Waals surface area contributed by atoms with E-state index in [0.717, 1.165) is 0 Å². The number of para-hydroxylation sites is 1. The smallest absolute Gasteiger partial charge is 0.242 e. The monoisotopic (exact) mass is 444 g/mol. The maximum Gasteiger partial charge on any atom is 0.242 e. The first-order valence-corrected chi connectivity index (χ1v) is 11.9. The molecule has 3 aromatic rings. The van der Waals surface area contributed by atoms with Gasteiger partial charge in [-0.05, 0) is 37.6 Å². The molecule has 8 heteroatoms. The Morgan fingerprint density at radius 2 is 1.81 bits per heavy atom. The number of aromatic nitrogens is 1. The van der Waals surface area contributed by atoms with Gasteiger partial charge in [0.05, 0.1) is 22.9 Å². The molecular weight excluding hydrogens is 419 g/mol. The largest absolute Gasteiger partial charge is 0.372 e. The first-order chi connectivity index (χ1) is 14.7. The van der Waals surface area contributed by atoms with E-state index >= 15 is 0 Å². The van der Waals surface area contributed by atoms with Crippen molar-refractivity contribution in [3.8, 4) is 0 Å². The lowest BCUT2D eigenvalue weighted by molar-refractivity contribution is -0.143. The number of halogens is 1. The zero-order valence-electron chi connectivity index (χ0n) is 17.5. The van der Waals surface area contributed by atoms with Crippen molar-refractivity contribution in [3.63, 3.8) is 0 Å². The molecule has 1 saturated heterocycles. The summed E-state index contributed by atoms with van der Waals surface area (Å²) < 4.78 is 47.2. The van der Waals surface area contributed by atoms with E-state index in [0.29, 0.717) is 29.6 Å². The third kappa shape index (κ3) is 4.65. The van der Waals surface area contributed by atoms with Crippen molar-refractivity contribution in [2.24, 2.45) is 0 Å². The molecule has 1 aliphatic rings. The second-order valence-corrected chi connectivity index (χ2v) is 10.0. The Morgan fingerprint density at radius 3 is 2.52 bits per heavy atom. The summed E-state index contributed by atoms with van der Waals surface area (Å²) in [7, 11) is -3.75. The van der Waals surface area contributed by atoms with Crippen LogP contribution in [0.25, 0.3) is 10.9 Å². The molecule has 0 saturated carbocycles. The molecule has 1 amide bonds. The molecule has 1 fully saturated rings. The van der Waals surface area contributed by atoms with Crippen molar-refractivity contribution in [1.29, 1.82) is 0 Å². The Bertz CT molecular complexity index is 1210. The molecule has 2 atom stereocenters. The number of carbonyl (C=O) groups is 1. The summed E-state index contributed by atoms with van der Waals surface area (Å²) in [4.78, 5) is 14.8. The Kier molecular flexibility index (Phi) is 5.85. The second-order valence-electron chi connectivity index (χ2n) is 8.08. The first-order valence-electron chi connectivity index (χ1n) is 10.2. The first kappa shape index (κ1) is 21.5. The minimum absolute atomic E-state index is 0.0371. The van der Waals surface area contributed by atoms with Gasteiger partial charge in [-0.1, -0.05) is 30.3 Å². The van der Waals surface area contributed by atoms with Crippen molar-refractivity contribution in [2.45, 2.75) is 43.2 Å². The highest BCUT2D eigenvalue weighted by molar-refractivity contribution is 7.90. The molecule has 0 N–H and O–H groups in total. The van der Waals surface area contributed by atoms with E-state index in [1.807, 2.05) is 19.9 Å². The van der Waals surface area contributed by atoms with Crippen LogP contribution in [0.15, 0.2) is 59.6 Å². The van der Waals surface area contributed by atoms with Gasteiger partial charge in [0.25, 0.3) is 0 Å². The van der Waals surface area contributed by atoms with Crippen LogP contribution in [-0.4, -0.2) is 49.1 Å². The lowest BCUT2D eigenvalue weighted by Crippen LogP contribution is -2.49. The molecule has 1 aliphatic heterocycles. The summed E-state index contributed by atoms with van der Waals surface area (Å²) >= 11 is 0. The van der Waals surface area contributed by atoms with E-state index in [4.69, 9.17) is 4.74 Å².